The summed E-state index contributed by atoms with van der Waals surface area (Å²) in [5, 5.41) is 5.90. The van der Waals surface area contributed by atoms with Crippen molar-refractivity contribution in [1.29, 1.82) is 0 Å². The maximum absolute atomic E-state index is 14.6. The highest BCUT2D eigenvalue weighted by Crippen LogP contribution is 2.46. The second-order valence-corrected chi connectivity index (χ2v) is 10.5. The SMILES string of the molecule is NC(=O)c1cc(-c2cccnc2C(Cc2cc(F)cc(F)c2)NC(=O)Cn2nc(C(F)(F)F)c3c2CCCC3(F)F)ccc1F. The van der Waals surface area contributed by atoms with Crippen LogP contribution in [0.2, 0.25) is 0 Å². The Morgan fingerprint density at radius 1 is 1.04 bits per heavy atom. The summed E-state index contributed by atoms with van der Waals surface area (Å²) in [7, 11) is 0. The van der Waals surface area contributed by atoms with Gasteiger partial charge >= 0.3 is 6.18 Å². The van der Waals surface area contributed by atoms with Crippen LogP contribution in [0, 0.1) is 17.5 Å². The molecule has 0 aliphatic heterocycles. The van der Waals surface area contributed by atoms with E-state index in [9.17, 15) is 44.7 Å². The van der Waals surface area contributed by atoms with E-state index in [1.54, 1.807) is 0 Å². The second kappa shape index (κ2) is 11.9. The Morgan fingerprint density at radius 3 is 2.42 bits per heavy atom. The van der Waals surface area contributed by atoms with Crippen LogP contribution in [-0.2, 0) is 36.3 Å². The van der Waals surface area contributed by atoms with Crippen LogP contribution >= 0.6 is 0 Å². The minimum atomic E-state index is -5.21. The van der Waals surface area contributed by atoms with Crippen LogP contribution in [0.1, 0.15) is 57.5 Å². The zero-order valence-electron chi connectivity index (χ0n) is 23.1. The van der Waals surface area contributed by atoms with Gasteiger partial charge in [0.05, 0.1) is 22.9 Å². The predicted octanol–water partition coefficient (Wildman–Crippen LogP) is 6.01. The van der Waals surface area contributed by atoms with Gasteiger partial charge in [0.2, 0.25) is 5.91 Å². The first-order valence-electron chi connectivity index (χ1n) is 13.5. The van der Waals surface area contributed by atoms with Gasteiger partial charge in [-0.3, -0.25) is 19.3 Å². The number of rotatable bonds is 8. The zero-order chi connectivity index (χ0) is 32.7. The van der Waals surface area contributed by atoms with Gasteiger partial charge in [-0.2, -0.15) is 18.3 Å². The van der Waals surface area contributed by atoms with Crippen LogP contribution in [0.4, 0.5) is 35.1 Å². The first kappa shape index (κ1) is 31.6. The molecule has 0 spiro atoms. The van der Waals surface area contributed by atoms with Crippen molar-refractivity contribution in [3.8, 4) is 11.1 Å². The van der Waals surface area contributed by atoms with E-state index in [1.165, 1.54) is 24.4 Å². The number of hydrogen-bond acceptors (Lipinski definition) is 4. The molecule has 45 heavy (non-hydrogen) atoms. The Morgan fingerprint density at radius 2 is 1.76 bits per heavy atom. The summed E-state index contributed by atoms with van der Waals surface area (Å²) in [6.45, 7) is -0.896. The van der Waals surface area contributed by atoms with Crippen molar-refractivity contribution in [2.24, 2.45) is 5.73 Å². The van der Waals surface area contributed by atoms with Gasteiger partial charge in [0.25, 0.3) is 11.8 Å². The van der Waals surface area contributed by atoms with Crippen LogP contribution in [-0.4, -0.2) is 26.6 Å². The number of nitrogens with two attached hydrogens (primary N) is 1. The van der Waals surface area contributed by atoms with E-state index in [0.29, 0.717) is 10.7 Å². The molecule has 0 saturated heterocycles. The molecule has 2 amide bonds. The molecule has 2 aromatic carbocycles. The van der Waals surface area contributed by atoms with Gasteiger partial charge in [0.1, 0.15) is 24.0 Å². The third-order valence-corrected chi connectivity index (χ3v) is 7.30. The summed E-state index contributed by atoms with van der Waals surface area (Å²) < 4.78 is 113. The second-order valence-electron chi connectivity index (χ2n) is 10.5. The quantitative estimate of drug-likeness (QED) is 0.231. The summed E-state index contributed by atoms with van der Waals surface area (Å²) in [5.41, 5.74) is 1.96. The Labute approximate surface area is 250 Å². The molecule has 0 fully saturated rings. The molecule has 0 bridgehead atoms. The molecule has 1 aliphatic carbocycles. The van der Waals surface area contributed by atoms with Gasteiger partial charge in [-0.15, -0.1) is 0 Å². The number of nitrogens with zero attached hydrogens (tertiary/aromatic N) is 3. The number of carbonyl (C=O) groups excluding carboxylic acids is 2. The predicted molar refractivity (Wildman–Crippen MR) is 143 cm³/mol. The monoisotopic (exact) mass is 637 g/mol. The highest BCUT2D eigenvalue weighted by molar-refractivity contribution is 5.94. The van der Waals surface area contributed by atoms with Gasteiger partial charge in [0, 0.05) is 29.9 Å². The molecule has 4 aromatic rings. The Balaban J connectivity index is 1.54. The number of benzene rings is 2. The number of fused-ring (bicyclic) bond motifs is 1. The Bertz CT molecular complexity index is 1770. The zero-order valence-corrected chi connectivity index (χ0v) is 23.1. The van der Waals surface area contributed by atoms with Crippen molar-refractivity contribution >= 4 is 11.8 Å². The lowest BCUT2D eigenvalue weighted by Gasteiger charge is -2.24. The van der Waals surface area contributed by atoms with Crippen molar-refractivity contribution in [3.63, 3.8) is 0 Å². The molecule has 2 heterocycles. The van der Waals surface area contributed by atoms with Crippen molar-refractivity contribution in [2.75, 3.05) is 0 Å². The minimum Gasteiger partial charge on any atom is -0.366 e. The summed E-state index contributed by atoms with van der Waals surface area (Å²) in [6, 6.07) is 7.83. The highest BCUT2D eigenvalue weighted by Gasteiger charge is 2.49. The molecule has 5 rings (SSSR count). The molecule has 1 atom stereocenters. The number of alkyl halides is 5. The van der Waals surface area contributed by atoms with Crippen molar-refractivity contribution < 1.29 is 44.7 Å². The average molecular weight is 638 g/mol. The largest absolute Gasteiger partial charge is 0.435 e. The molecular formula is C30H23F8N5O2. The van der Waals surface area contributed by atoms with Gasteiger partial charge in [-0.1, -0.05) is 12.1 Å². The van der Waals surface area contributed by atoms with Crippen molar-refractivity contribution in [2.45, 2.75) is 50.4 Å². The van der Waals surface area contributed by atoms with Crippen molar-refractivity contribution in [1.82, 2.24) is 20.1 Å². The van der Waals surface area contributed by atoms with E-state index in [-0.39, 0.29) is 41.6 Å². The number of carbonyl (C=O) groups is 2. The number of amides is 2. The van der Waals surface area contributed by atoms with Crippen LogP contribution in [0.3, 0.4) is 0 Å². The average Bonchev–Trinajstić information content (AvgIpc) is 3.32. The molecule has 1 unspecified atom stereocenters. The third-order valence-electron chi connectivity index (χ3n) is 7.30. The van der Waals surface area contributed by atoms with Crippen LogP contribution < -0.4 is 11.1 Å². The summed E-state index contributed by atoms with van der Waals surface area (Å²) in [6.07, 6.45) is -5.30. The maximum atomic E-state index is 14.6. The van der Waals surface area contributed by atoms with E-state index in [1.807, 2.05) is 0 Å². The van der Waals surface area contributed by atoms with Gasteiger partial charge in [0.15, 0.2) is 5.69 Å². The normalized spacial score (nSPS) is 14.9. The topological polar surface area (TPSA) is 103 Å². The minimum absolute atomic E-state index is 0.0572. The highest BCUT2D eigenvalue weighted by atomic mass is 19.4. The number of aromatic nitrogens is 3. The third kappa shape index (κ3) is 6.66. The molecule has 15 heteroatoms. The lowest BCUT2D eigenvalue weighted by atomic mass is 9.91. The lowest BCUT2D eigenvalue weighted by molar-refractivity contribution is -0.146. The lowest BCUT2D eigenvalue weighted by Crippen LogP contribution is -2.34. The van der Waals surface area contributed by atoms with E-state index < -0.39 is 82.9 Å². The van der Waals surface area contributed by atoms with E-state index in [4.69, 9.17) is 5.73 Å². The molecule has 1 aliphatic rings. The van der Waals surface area contributed by atoms with E-state index in [2.05, 4.69) is 15.4 Å². The van der Waals surface area contributed by atoms with Crippen LogP contribution in [0.15, 0.2) is 54.7 Å². The van der Waals surface area contributed by atoms with E-state index in [0.717, 1.165) is 24.3 Å². The number of hydrogen-bond donors (Lipinski definition) is 2. The number of halogens is 8. The van der Waals surface area contributed by atoms with Crippen molar-refractivity contribution in [3.05, 3.63) is 106 Å². The first-order chi connectivity index (χ1) is 21.1. The number of nitrogens with one attached hydrogen (secondary N) is 1. The molecular weight excluding hydrogens is 614 g/mol. The molecule has 2 aromatic heterocycles. The fourth-order valence-corrected chi connectivity index (χ4v) is 5.44. The molecule has 7 nitrogen and oxygen atoms in total. The Hall–Kier alpha value is -4.82. The van der Waals surface area contributed by atoms with Crippen LogP contribution in [0.5, 0.6) is 0 Å². The number of primary amides is 1. The first-order valence-corrected chi connectivity index (χ1v) is 13.5. The summed E-state index contributed by atoms with van der Waals surface area (Å²) >= 11 is 0. The molecule has 236 valence electrons. The van der Waals surface area contributed by atoms with Gasteiger partial charge in [-0.05, 0) is 60.7 Å². The summed E-state index contributed by atoms with van der Waals surface area (Å²) in [4.78, 5) is 29.4. The fraction of sp³-hybridized carbons (Fsp3) is 0.267. The maximum Gasteiger partial charge on any atom is 0.435 e. The molecule has 0 saturated carbocycles. The van der Waals surface area contributed by atoms with Crippen LogP contribution in [0.25, 0.3) is 11.1 Å². The van der Waals surface area contributed by atoms with Gasteiger partial charge in [-0.25, -0.2) is 22.0 Å². The Kier molecular flexibility index (Phi) is 8.38. The van der Waals surface area contributed by atoms with E-state index >= 15 is 0 Å². The smallest absolute Gasteiger partial charge is 0.366 e. The number of pyridine rings is 1. The fourth-order valence-electron chi connectivity index (χ4n) is 5.44. The summed E-state index contributed by atoms with van der Waals surface area (Å²) in [5.74, 6) is -8.60. The standard InChI is InChI=1S/C30H23F8N5O2/c31-17-9-15(10-18(32)13-17)11-22(26-19(3-2-8-40-26)16-5-6-21(33)20(12-16)28(39)45)41-24(44)14-43-23-4-1-7-29(34,35)25(23)27(42-43)30(36,37)38/h2-3,5-6,8-10,12-13,22H,1,4,7,11,14H2,(H2,39,45)(H,41,44). The molecule has 3 N–H and O–H groups in total. The molecule has 0 radical (unpaired) electrons. The van der Waals surface area contributed by atoms with Gasteiger partial charge < -0.3 is 11.1 Å².